The quantitative estimate of drug-likeness (QED) is 0.648. The van der Waals surface area contributed by atoms with Crippen LogP contribution in [0.3, 0.4) is 0 Å². The molecule has 0 amide bonds. The Labute approximate surface area is 69.8 Å². The fraction of sp³-hybridized carbons (Fsp3) is 1.00. The average Bonchev–Trinajstić information content (AvgIpc) is 2.71. The van der Waals surface area contributed by atoms with Gasteiger partial charge in [-0.2, -0.15) is 0 Å². The SMILES string of the molecule is CC(C)C(O)CCCC1CC1. The molecule has 0 heterocycles. The zero-order valence-corrected chi connectivity index (χ0v) is 7.71. The maximum atomic E-state index is 9.46. The minimum atomic E-state index is -0.0613. The maximum Gasteiger partial charge on any atom is 0.0563 e. The molecule has 1 saturated carbocycles. The van der Waals surface area contributed by atoms with Gasteiger partial charge in [-0.3, -0.25) is 0 Å². The summed E-state index contributed by atoms with van der Waals surface area (Å²) in [7, 11) is 0. The van der Waals surface area contributed by atoms with Crippen molar-refractivity contribution in [2.75, 3.05) is 0 Å². The Morgan fingerprint density at radius 3 is 2.45 bits per heavy atom. The number of hydrogen-bond donors (Lipinski definition) is 1. The second-order valence-corrected chi connectivity index (χ2v) is 4.19. The van der Waals surface area contributed by atoms with Gasteiger partial charge in [0.1, 0.15) is 0 Å². The van der Waals surface area contributed by atoms with Crippen molar-refractivity contribution in [2.24, 2.45) is 11.8 Å². The monoisotopic (exact) mass is 156 g/mol. The summed E-state index contributed by atoms with van der Waals surface area (Å²) in [5.41, 5.74) is 0. The number of aliphatic hydroxyl groups excluding tert-OH is 1. The van der Waals surface area contributed by atoms with Gasteiger partial charge in [0.25, 0.3) is 0 Å². The molecule has 1 nitrogen and oxygen atoms in total. The van der Waals surface area contributed by atoms with Gasteiger partial charge < -0.3 is 5.11 Å². The van der Waals surface area contributed by atoms with Crippen molar-refractivity contribution in [3.63, 3.8) is 0 Å². The zero-order valence-electron chi connectivity index (χ0n) is 7.71. The molecule has 1 aliphatic rings. The molecule has 0 aromatic heterocycles. The van der Waals surface area contributed by atoms with E-state index in [0.29, 0.717) is 5.92 Å². The molecule has 0 saturated heterocycles. The molecule has 0 aliphatic heterocycles. The highest BCUT2D eigenvalue weighted by molar-refractivity contribution is 4.73. The van der Waals surface area contributed by atoms with Crippen LogP contribution in [0.2, 0.25) is 0 Å². The van der Waals surface area contributed by atoms with Gasteiger partial charge in [-0.1, -0.05) is 39.5 Å². The Morgan fingerprint density at radius 1 is 1.36 bits per heavy atom. The van der Waals surface area contributed by atoms with E-state index in [0.717, 1.165) is 12.3 Å². The lowest BCUT2D eigenvalue weighted by Crippen LogP contribution is -2.14. The van der Waals surface area contributed by atoms with Crippen LogP contribution in [0.25, 0.3) is 0 Å². The van der Waals surface area contributed by atoms with E-state index >= 15 is 0 Å². The van der Waals surface area contributed by atoms with E-state index in [1.165, 1.54) is 25.7 Å². The lowest BCUT2D eigenvalue weighted by molar-refractivity contribution is 0.113. The van der Waals surface area contributed by atoms with Crippen LogP contribution >= 0.6 is 0 Å². The topological polar surface area (TPSA) is 20.2 Å². The zero-order chi connectivity index (χ0) is 8.27. The molecular formula is C10H20O. The molecule has 0 aromatic carbocycles. The molecule has 1 rings (SSSR count). The minimum Gasteiger partial charge on any atom is -0.393 e. The summed E-state index contributed by atoms with van der Waals surface area (Å²) in [5, 5.41) is 9.46. The van der Waals surface area contributed by atoms with Gasteiger partial charge in [0.2, 0.25) is 0 Å². The summed E-state index contributed by atoms with van der Waals surface area (Å²) in [6.45, 7) is 4.17. The molecule has 0 spiro atoms. The standard InChI is InChI=1S/C10H20O/c1-8(2)10(11)5-3-4-9-6-7-9/h8-11H,3-7H2,1-2H3. The van der Waals surface area contributed by atoms with Gasteiger partial charge in [0.15, 0.2) is 0 Å². The molecular weight excluding hydrogens is 136 g/mol. The van der Waals surface area contributed by atoms with Crippen molar-refractivity contribution in [3.8, 4) is 0 Å². The summed E-state index contributed by atoms with van der Waals surface area (Å²) in [6.07, 6.45) is 6.41. The lowest BCUT2D eigenvalue weighted by Gasteiger charge is -2.13. The van der Waals surface area contributed by atoms with E-state index in [1.807, 2.05) is 0 Å². The van der Waals surface area contributed by atoms with Crippen LogP contribution < -0.4 is 0 Å². The second kappa shape index (κ2) is 4.10. The summed E-state index contributed by atoms with van der Waals surface area (Å²) < 4.78 is 0. The van der Waals surface area contributed by atoms with Crippen molar-refractivity contribution in [1.29, 1.82) is 0 Å². The summed E-state index contributed by atoms with van der Waals surface area (Å²) in [5.74, 6) is 1.46. The first-order valence-electron chi connectivity index (χ1n) is 4.88. The van der Waals surface area contributed by atoms with Crippen molar-refractivity contribution in [3.05, 3.63) is 0 Å². The van der Waals surface area contributed by atoms with Gasteiger partial charge in [0.05, 0.1) is 6.10 Å². The normalized spacial score (nSPS) is 20.7. The maximum absolute atomic E-state index is 9.46. The third kappa shape index (κ3) is 3.76. The second-order valence-electron chi connectivity index (χ2n) is 4.19. The molecule has 1 aliphatic carbocycles. The van der Waals surface area contributed by atoms with Crippen LogP contribution in [0.5, 0.6) is 0 Å². The highest BCUT2D eigenvalue weighted by atomic mass is 16.3. The van der Waals surface area contributed by atoms with Gasteiger partial charge in [-0.05, 0) is 18.3 Å². The highest BCUT2D eigenvalue weighted by Gasteiger charge is 2.20. The molecule has 1 N–H and O–H groups in total. The largest absolute Gasteiger partial charge is 0.393 e. The van der Waals surface area contributed by atoms with Gasteiger partial charge in [0, 0.05) is 0 Å². The smallest absolute Gasteiger partial charge is 0.0563 e. The molecule has 1 unspecified atom stereocenters. The molecule has 1 atom stereocenters. The highest BCUT2D eigenvalue weighted by Crippen LogP contribution is 2.34. The van der Waals surface area contributed by atoms with E-state index in [1.54, 1.807) is 0 Å². The van der Waals surface area contributed by atoms with Crippen LogP contribution in [0.15, 0.2) is 0 Å². The third-order valence-electron chi connectivity index (χ3n) is 2.58. The van der Waals surface area contributed by atoms with Crippen LogP contribution in [-0.2, 0) is 0 Å². The minimum absolute atomic E-state index is 0.0613. The Hall–Kier alpha value is -0.0400. The third-order valence-corrected chi connectivity index (χ3v) is 2.58. The van der Waals surface area contributed by atoms with Crippen molar-refractivity contribution in [2.45, 2.75) is 52.1 Å². The molecule has 1 heteroatoms. The Balaban J connectivity index is 1.92. The summed E-state index contributed by atoms with van der Waals surface area (Å²) in [6, 6.07) is 0. The predicted molar refractivity (Wildman–Crippen MR) is 47.4 cm³/mol. The fourth-order valence-electron chi connectivity index (χ4n) is 1.36. The van der Waals surface area contributed by atoms with Crippen molar-refractivity contribution >= 4 is 0 Å². The van der Waals surface area contributed by atoms with E-state index in [4.69, 9.17) is 0 Å². The van der Waals surface area contributed by atoms with Gasteiger partial charge in [-0.15, -0.1) is 0 Å². The van der Waals surface area contributed by atoms with E-state index in [-0.39, 0.29) is 6.10 Å². The summed E-state index contributed by atoms with van der Waals surface area (Å²) >= 11 is 0. The van der Waals surface area contributed by atoms with Crippen LogP contribution in [0, 0.1) is 11.8 Å². The molecule has 1 fully saturated rings. The molecule has 0 bridgehead atoms. The Kier molecular flexibility index (Phi) is 3.38. The van der Waals surface area contributed by atoms with Crippen LogP contribution in [0.1, 0.15) is 46.0 Å². The summed E-state index contributed by atoms with van der Waals surface area (Å²) in [4.78, 5) is 0. The van der Waals surface area contributed by atoms with E-state index in [2.05, 4.69) is 13.8 Å². The van der Waals surface area contributed by atoms with E-state index < -0.39 is 0 Å². The first kappa shape index (κ1) is 9.05. The van der Waals surface area contributed by atoms with Crippen molar-refractivity contribution in [1.82, 2.24) is 0 Å². The Morgan fingerprint density at radius 2 is 2.00 bits per heavy atom. The molecule has 11 heavy (non-hydrogen) atoms. The number of aliphatic hydroxyl groups is 1. The molecule has 0 aromatic rings. The number of hydrogen-bond acceptors (Lipinski definition) is 1. The first-order valence-corrected chi connectivity index (χ1v) is 4.88. The average molecular weight is 156 g/mol. The Bertz CT molecular complexity index is 105. The van der Waals surface area contributed by atoms with Crippen LogP contribution in [0.4, 0.5) is 0 Å². The molecule has 66 valence electrons. The molecule has 0 radical (unpaired) electrons. The van der Waals surface area contributed by atoms with Crippen LogP contribution in [-0.4, -0.2) is 11.2 Å². The first-order chi connectivity index (χ1) is 5.20. The van der Waals surface area contributed by atoms with Gasteiger partial charge >= 0.3 is 0 Å². The lowest BCUT2D eigenvalue weighted by atomic mass is 10.0. The van der Waals surface area contributed by atoms with Gasteiger partial charge in [-0.25, -0.2) is 0 Å². The van der Waals surface area contributed by atoms with Crippen molar-refractivity contribution < 1.29 is 5.11 Å². The number of rotatable bonds is 5. The predicted octanol–water partition coefficient (Wildman–Crippen LogP) is 2.58. The van der Waals surface area contributed by atoms with E-state index in [9.17, 15) is 5.11 Å². The fourth-order valence-corrected chi connectivity index (χ4v) is 1.36.